The highest BCUT2D eigenvalue weighted by molar-refractivity contribution is 7.20. The van der Waals surface area contributed by atoms with Crippen LogP contribution in [0, 0.1) is 6.92 Å². The van der Waals surface area contributed by atoms with Crippen molar-refractivity contribution < 1.29 is 14.3 Å². The lowest BCUT2D eigenvalue weighted by Crippen LogP contribution is -2.44. The van der Waals surface area contributed by atoms with Crippen LogP contribution in [-0.2, 0) is 6.42 Å². The number of ether oxygens (including phenoxy) is 2. The Morgan fingerprint density at radius 3 is 2.59 bits per heavy atom. The predicted octanol–water partition coefficient (Wildman–Crippen LogP) is 2.74. The number of rotatable bonds is 7. The van der Waals surface area contributed by atoms with Crippen molar-refractivity contribution in [1.29, 1.82) is 0 Å². The normalized spacial score (nSPS) is 14.6. The van der Waals surface area contributed by atoms with Gasteiger partial charge in [0.1, 0.15) is 17.0 Å². The first-order valence-corrected chi connectivity index (χ1v) is 11.5. The number of thiophene rings is 1. The third-order valence-electron chi connectivity index (χ3n) is 5.86. The summed E-state index contributed by atoms with van der Waals surface area (Å²) in [6, 6.07) is 5.80. The number of benzene rings is 1. The lowest BCUT2D eigenvalue weighted by atomic mass is 10.1. The summed E-state index contributed by atoms with van der Waals surface area (Å²) in [6.07, 6.45) is 2.30. The van der Waals surface area contributed by atoms with Gasteiger partial charge in [0.2, 0.25) is 0 Å². The van der Waals surface area contributed by atoms with Gasteiger partial charge >= 0.3 is 0 Å². The van der Waals surface area contributed by atoms with Crippen molar-refractivity contribution in [1.82, 2.24) is 20.2 Å². The number of hydrogen-bond acceptors (Lipinski definition) is 8. The number of amides is 1. The number of likely N-dealkylation sites (N-methyl/N-ethyl adjacent to an activating group) is 1. The van der Waals surface area contributed by atoms with Crippen LogP contribution in [0.3, 0.4) is 0 Å². The minimum absolute atomic E-state index is 0.0738. The Labute approximate surface area is 192 Å². The zero-order valence-electron chi connectivity index (χ0n) is 19.0. The van der Waals surface area contributed by atoms with Crippen LogP contribution in [0.5, 0.6) is 11.5 Å². The molecule has 0 radical (unpaired) electrons. The molecule has 1 aliphatic rings. The number of anilines is 1. The van der Waals surface area contributed by atoms with E-state index in [0.717, 1.165) is 53.3 Å². The van der Waals surface area contributed by atoms with E-state index in [2.05, 4.69) is 32.1 Å². The van der Waals surface area contributed by atoms with Crippen molar-refractivity contribution in [3.63, 3.8) is 0 Å². The van der Waals surface area contributed by atoms with Crippen molar-refractivity contribution in [2.24, 2.45) is 0 Å². The van der Waals surface area contributed by atoms with E-state index in [1.807, 2.05) is 25.1 Å². The second kappa shape index (κ2) is 9.70. The van der Waals surface area contributed by atoms with Crippen molar-refractivity contribution in [3.05, 3.63) is 40.5 Å². The van der Waals surface area contributed by atoms with Crippen molar-refractivity contribution in [2.75, 3.05) is 58.9 Å². The van der Waals surface area contributed by atoms with E-state index in [9.17, 15) is 4.79 Å². The second-order valence-corrected chi connectivity index (χ2v) is 8.92. The lowest BCUT2D eigenvalue weighted by molar-refractivity contribution is 0.0957. The van der Waals surface area contributed by atoms with Gasteiger partial charge in [-0.3, -0.25) is 4.79 Å². The van der Waals surface area contributed by atoms with Crippen LogP contribution in [-0.4, -0.2) is 74.8 Å². The van der Waals surface area contributed by atoms with E-state index in [4.69, 9.17) is 9.47 Å². The Balaban J connectivity index is 1.47. The molecule has 1 fully saturated rings. The third kappa shape index (κ3) is 4.49. The first kappa shape index (κ1) is 22.3. The highest BCUT2D eigenvalue weighted by atomic mass is 32.1. The van der Waals surface area contributed by atoms with Gasteiger partial charge in [-0.25, -0.2) is 9.97 Å². The summed E-state index contributed by atoms with van der Waals surface area (Å²) in [5, 5.41) is 4.04. The Kier molecular flexibility index (Phi) is 6.76. The SMILES string of the molecule is COc1ccc(CCNC(=O)c2sc3ncnc(N4CCN(C)CC4)c3c2C)cc1OC. The topological polar surface area (TPSA) is 79.8 Å². The maximum Gasteiger partial charge on any atom is 0.261 e. The maximum atomic E-state index is 13.0. The number of nitrogens with one attached hydrogen (secondary N) is 1. The van der Waals surface area contributed by atoms with Crippen molar-refractivity contribution in [3.8, 4) is 11.5 Å². The van der Waals surface area contributed by atoms with E-state index >= 15 is 0 Å². The number of fused-ring (bicyclic) bond motifs is 1. The molecule has 1 N–H and O–H groups in total. The summed E-state index contributed by atoms with van der Waals surface area (Å²) < 4.78 is 10.6. The van der Waals surface area contributed by atoms with Crippen LogP contribution in [0.25, 0.3) is 10.2 Å². The van der Waals surface area contributed by atoms with Crippen LogP contribution in [0.4, 0.5) is 5.82 Å². The minimum Gasteiger partial charge on any atom is -0.493 e. The number of carbonyl (C=O) groups is 1. The standard InChI is InChI=1S/C23H29N5O3S/c1-15-19-21(28-11-9-27(2)10-12-28)25-14-26-23(19)32-20(15)22(29)24-8-7-16-5-6-17(30-3)18(13-16)31-4/h5-6,13-14H,7-12H2,1-4H3,(H,24,29). The summed E-state index contributed by atoms with van der Waals surface area (Å²) in [6.45, 7) is 6.36. The van der Waals surface area contributed by atoms with E-state index in [-0.39, 0.29) is 5.91 Å². The fraction of sp³-hybridized carbons (Fsp3) is 0.435. The Hall–Kier alpha value is -2.91. The molecule has 170 valence electrons. The highest BCUT2D eigenvalue weighted by Crippen LogP contribution is 2.35. The van der Waals surface area contributed by atoms with Gasteiger partial charge in [0, 0.05) is 32.7 Å². The fourth-order valence-corrected chi connectivity index (χ4v) is 5.02. The molecule has 1 saturated heterocycles. The predicted molar refractivity (Wildman–Crippen MR) is 127 cm³/mol. The molecular formula is C23H29N5O3S. The summed E-state index contributed by atoms with van der Waals surface area (Å²) in [4.78, 5) is 28.1. The molecule has 0 saturated carbocycles. The number of piperazine rings is 1. The minimum atomic E-state index is -0.0738. The van der Waals surface area contributed by atoms with Gasteiger partial charge in [0.15, 0.2) is 11.5 Å². The second-order valence-electron chi connectivity index (χ2n) is 7.92. The van der Waals surface area contributed by atoms with E-state index in [0.29, 0.717) is 29.3 Å². The smallest absolute Gasteiger partial charge is 0.261 e. The summed E-state index contributed by atoms with van der Waals surface area (Å²) in [5.74, 6) is 2.24. The quantitative estimate of drug-likeness (QED) is 0.587. The molecular weight excluding hydrogens is 426 g/mol. The summed E-state index contributed by atoms with van der Waals surface area (Å²) in [5.41, 5.74) is 2.02. The zero-order chi connectivity index (χ0) is 22.7. The molecule has 4 rings (SSSR count). The molecule has 9 heteroatoms. The molecule has 0 unspecified atom stereocenters. The van der Waals surface area contributed by atoms with Crippen LogP contribution in [0.15, 0.2) is 24.5 Å². The molecule has 2 aromatic heterocycles. The van der Waals surface area contributed by atoms with Gasteiger partial charge in [-0.15, -0.1) is 11.3 Å². The molecule has 3 heterocycles. The maximum absolute atomic E-state index is 13.0. The molecule has 1 amide bonds. The first-order chi connectivity index (χ1) is 15.5. The number of methoxy groups -OCH3 is 2. The molecule has 1 aliphatic heterocycles. The number of aryl methyl sites for hydroxylation is 1. The van der Waals surface area contributed by atoms with Crippen LogP contribution >= 0.6 is 11.3 Å². The Bertz CT molecular complexity index is 1110. The summed E-state index contributed by atoms with van der Waals surface area (Å²) in [7, 11) is 5.37. The van der Waals surface area contributed by atoms with Gasteiger partial charge < -0.3 is 24.6 Å². The van der Waals surface area contributed by atoms with Gasteiger partial charge in [-0.05, 0) is 43.7 Å². The number of aromatic nitrogens is 2. The first-order valence-electron chi connectivity index (χ1n) is 10.7. The van der Waals surface area contributed by atoms with E-state index in [1.54, 1.807) is 20.5 Å². The molecule has 1 aromatic carbocycles. The number of hydrogen-bond donors (Lipinski definition) is 1. The lowest BCUT2D eigenvalue weighted by Gasteiger charge is -2.33. The molecule has 0 bridgehead atoms. The fourth-order valence-electron chi connectivity index (χ4n) is 3.96. The molecule has 8 nitrogen and oxygen atoms in total. The molecule has 0 spiro atoms. The number of carbonyl (C=O) groups excluding carboxylic acids is 1. The molecule has 32 heavy (non-hydrogen) atoms. The van der Waals surface area contributed by atoms with E-state index in [1.165, 1.54) is 11.3 Å². The van der Waals surface area contributed by atoms with Crippen LogP contribution in [0.1, 0.15) is 20.8 Å². The van der Waals surface area contributed by atoms with Gasteiger partial charge in [-0.2, -0.15) is 0 Å². The molecule has 0 atom stereocenters. The van der Waals surface area contributed by atoms with Crippen molar-refractivity contribution in [2.45, 2.75) is 13.3 Å². The molecule has 0 aliphatic carbocycles. The van der Waals surface area contributed by atoms with Gasteiger partial charge in [0.05, 0.1) is 24.5 Å². The summed E-state index contributed by atoms with van der Waals surface area (Å²) >= 11 is 1.43. The average Bonchev–Trinajstić information content (AvgIpc) is 3.16. The molecule has 3 aromatic rings. The van der Waals surface area contributed by atoms with Crippen molar-refractivity contribution >= 4 is 33.3 Å². The van der Waals surface area contributed by atoms with Gasteiger partial charge in [0.25, 0.3) is 5.91 Å². The van der Waals surface area contributed by atoms with E-state index < -0.39 is 0 Å². The largest absolute Gasteiger partial charge is 0.493 e. The third-order valence-corrected chi connectivity index (χ3v) is 7.06. The van der Waals surface area contributed by atoms with Crippen LogP contribution in [0.2, 0.25) is 0 Å². The Morgan fingerprint density at radius 1 is 1.12 bits per heavy atom. The zero-order valence-corrected chi connectivity index (χ0v) is 19.8. The van der Waals surface area contributed by atoms with Crippen LogP contribution < -0.4 is 19.7 Å². The monoisotopic (exact) mass is 455 g/mol. The Morgan fingerprint density at radius 2 is 1.88 bits per heavy atom. The average molecular weight is 456 g/mol. The van der Waals surface area contributed by atoms with Gasteiger partial charge in [-0.1, -0.05) is 6.07 Å². The highest BCUT2D eigenvalue weighted by Gasteiger charge is 2.23. The number of nitrogens with zero attached hydrogens (tertiary/aromatic N) is 4.